The summed E-state index contributed by atoms with van der Waals surface area (Å²) in [5, 5.41) is 4.40. The van der Waals surface area contributed by atoms with Gasteiger partial charge >= 0.3 is 0 Å². The summed E-state index contributed by atoms with van der Waals surface area (Å²) in [6.07, 6.45) is 1.60. The van der Waals surface area contributed by atoms with Gasteiger partial charge in [-0.25, -0.2) is 9.37 Å². The Hall–Kier alpha value is -3.00. The highest BCUT2D eigenvalue weighted by Gasteiger charge is 2.44. The lowest BCUT2D eigenvalue weighted by Gasteiger charge is -2.27. The molecule has 0 spiro atoms. The molecule has 0 saturated heterocycles. The van der Waals surface area contributed by atoms with E-state index in [9.17, 15) is 9.18 Å². The minimum absolute atomic E-state index is 0.245. The number of aromatic nitrogens is 4. The smallest absolute Gasteiger partial charge is 0.280 e. The van der Waals surface area contributed by atoms with E-state index >= 15 is 0 Å². The number of carbonyl (C=O) groups excluding carboxylic acids is 1. The van der Waals surface area contributed by atoms with Crippen LogP contribution in [0.3, 0.4) is 0 Å². The van der Waals surface area contributed by atoms with Crippen molar-refractivity contribution in [3.05, 3.63) is 75.5 Å². The number of carbonyl (C=O) groups is 1. The van der Waals surface area contributed by atoms with Crippen molar-refractivity contribution < 1.29 is 9.18 Å². The van der Waals surface area contributed by atoms with Crippen LogP contribution in [0.1, 0.15) is 33.4 Å². The number of hydrogen-bond donors (Lipinski definition) is 1. The maximum Gasteiger partial charge on any atom is 0.280 e. The Morgan fingerprint density at radius 3 is 2.82 bits per heavy atom. The highest BCUT2D eigenvalue weighted by atomic mass is 79.9. The van der Waals surface area contributed by atoms with Crippen molar-refractivity contribution in [2.75, 3.05) is 4.90 Å². The average Bonchev–Trinajstić information content (AvgIpc) is 3.31. The molecule has 1 unspecified atom stereocenters. The number of H-pyrrole nitrogens is 1. The number of halogens is 2. The zero-order valence-corrected chi connectivity index (χ0v) is 16.7. The third-order valence-corrected chi connectivity index (χ3v) is 5.77. The molecule has 0 radical (unpaired) electrons. The second-order valence-electron chi connectivity index (χ2n) is 6.82. The van der Waals surface area contributed by atoms with Gasteiger partial charge in [0.15, 0.2) is 5.69 Å². The second kappa shape index (κ2) is 6.00. The molecule has 2 aromatic carbocycles. The predicted octanol–water partition coefficient (Wildman–Crippen LogP) is 4.26. The number of hydrogen-bond acceptors (Lipinski definition) is 3. The van der Waals surface area contributed by atoms with Crippen LogP contribution in [-0.4, -0.2) is 25.7 Å². The lowest BCUT2D eigenvalue weighted by atomic mass is 9.98. The lowest BCUT2D eigenvalue weighted by Crippen LogP contribution is -2.30. The number of fused-ring (bicyclic) bond motifs is 2. The zero-order valence-electron chi connectivity index (χ0n) is 15.1. The van der Waals surface area contributed by atoms with Crippen molar-refractivity contribution in [1.29, 1.82) is 0 Å². The quantitative estimate of drug-likeness (QED) is 0.507. The molecule has 2 aromatic heterocycles. The van der Waals surface area contributed by atoms with Crippen LogP contribution in [0, 0.1) is 12.7 Å². The van der Waals surface area contributed by atoms with Crippen molar-refractivity contribution in [3.8, 4) is 0 Å². The molecule has 0 bridgehead atoms. The van der Waals surface area contributed by atoms with Gasteiger partial charge in [0.1, 0.15) is 5.82 Å². The van der Waals surface area contributed by atoms with Crippen LogP contribution < -0.4 is 4.90 Å². The van der Waals surface area contributed by atoms with Crippen molar-refractivity contribution in [3.63, 3.8) is 0 Å². The van der Waals surface area contributed by atoms with Crippen molar-refractivity contribution in [2.24, 2.45) is 7.05 Å². The van der Waals surface area contributed by atoms with Gasteiger partial charge in [0.05, 0.1) is 23.4 Å². The van der Waals surface area contributed by atoms with Crippen molar-refractivity contribution in [2.45, 2.75) is 13.0 Å². The summed E-state index contributed by atoms with van der Waals surface area (Å²) < 4.78 is 17.3. The Morgan fingerprint density at radius 2 is 2.04 bits per heavy atom. The number of rotatable bonds is 2. The van der Waals surface area contributed by atoms with Gasteiger partial charge in [-0.15, -0.1) is 0 Å². The van der Waals surface area contributed by atoms with Crippen LogP contribution in [0.4, 0.5) is 10.1 Å². The van der Waals surface area contributed by atoms with E-state index in [1.165, 1.54) is 6.07 Å². The van der Waals surface area contributed by atoms with E-state index < -0.39 is 6.04 Å². The molecule has 1 atom stereocenters. The molecule has 1 amide bonds. The molecule has 8 heteroatoms. The van der Waals surface area contributed by atoms with Gasteiger partial charge in [0.2, 0.25) is 0 Å². The Kier molecular flexibility index (Phi) is 3.67. The average molecular weight is 440 g/mol. The van der Waals surface area contributed by atoms with Gasteiger partial charge < -0.3 is 4.98 Å². The number of nitrogens with one attached hydrogen (secondary N) is 1. The fourth-order valence-electron chi connectivity index (χ4n) is 3.83. The number of aromatic amines is 1. The molecule has 4 aromatic rings. The van der Waals surface area contributed by atoms with Crippen LogP contribution in [0.15, 0.2) is 47.2 Å². The first-order valence-electron chi connectivity index (χ1n) is 8.71. The van der Waals surface area contributed by atoms with Gasteiger partial charge in [0.25, 0.3) is 5.91 Å². The molecule has 1 aliphatic rings. The van der Waals surface area contributed by atoms with E-state index in [1.54, 1.807) is 35.1 Å². The number of amides is 1. The van der Waals surface area contributed by atoms with E-state index in [1.807, 2.05) is 25.1 Å². The molecule has 5 rings (SSSR count). The normalized spacial score (nSPS) is 16.2. The Bertz CT molecular complexity index is 1260. The largest absolute Gasteiger partial charge is 0.345 e. The maximum atomic E-state index is 14.9. The fraction of sp³-hybridized carbons (Fsp3) is 0.150. The summed E-state index contributed by atoms with van der Waals surface area (Å²) in [7, 11) is 1.79. The summed E-state index contributed by atoms with van der Waals surface area (Å²) in [5.74, 6) is -0.624. The topological polar surface area (TPSA) is 66.8 Å². The van der Waals surface area contributed by atoms with Crippen LogP contribution in [0.2, 0.25) is 0 Å². The Labute approximate surface area is 168 Å². The molecule has 28 heavy (non-hydrogen) atoms. The highest BCUT2D eigenvalue weighted by molar-refractivity contribution is 9.10. The number of benzene rings is 2. The number of aryl methyl sites for hydroxylation is 1. The Balaban J connectivity index is 1.75. The first-order valence-corrected chi connectivity index (χ1v) is 9.50. The van der Waals surface area contributed by atoms with Gasteiger partial charge in [-0.2, -0.15) is 5.10 Å². The number of anilines is 1. The summed E-state index contributed by atoms with van der Waals surface area (Å²) in [5.41, 5.74) is 4.62. The maximum absolute atomic E-state index is 14.9. The summed E-state index contributed by atoms with van der Waals surface area (Å²) in [6, 6.07) is 9.83. The van der Waals surface area contributed by atoms with Gasteiger partial charge in [-0.05, 0) is 37.3 Å². The molecule has 1 N–H and O–H groups in total. The monoisotopic (exact) mass is 439 g/mol. The van der Waals surface area contributed by atoms with Crippen molar-refractivity contribution >= 4 is 38.6 Å². The molecular weight excluding hydrogens is 425 g/mol. The van der Waals surface area contributed by atoms with Crippen LogP contribution in [-0.2, 0) is 7.05 Å². The van der Waals surface area contributed by atoms with E-state index in [0.717, 1.165) is 22.3 Å². The molecular formula is C20H15BrFN5O. The summed E-state index contributed by atoms with van der Waals surface area (Å²) in [4.78, 5) is 22.2. The summed E-state index contributed by atoms with van der Waals surface area (Å²) >= 11 is 3.30. The van der Waals surface area contributed by atoms with E-state index in [2.05, 4.69) is 31.0 Å². The Morgan fingerprint density at radius 1 is 1.21 bits per heavy atom. The molecule has 6 nitrogen and oxygen atoms in total. The van der Waals surface area contributed by atoms with Gasteiger partial charge in [0, 0.05) is 34.0 Å². The van der Waals surface area contributed by atoms with Gasteiger partial charge in [-0.1, -0.05) is 22.0 Å². The molecule has 140 valence electrons. The second-order valence-corrected chi connectivity index (χ2v) is 7.73. The SMILES string of the molecule is Cc1c2c(nn1C)C(=O)N(c1ccc3nc[nH]c3c1)C2c1ccc(Br)cc1F. The molecule has 0 aliphatic carbocycles. The minimum Gasteiger partial charge on any atom is -0.345 e. The number of nitrogens with zero attached hydrogens (tertiary/aromatic N) is 4. The molecule has 0 fully saturated rings. The minimum atomic E-state index is -0.593. The van der Waals surface area contributed by atoms with Crippen LogP contribution >= 0.6 is 15.9 Å². The third kappa shape index (κ3) is 2.34. The third-order valence-electron chi connectivity index (χ3n) is 5.27. The zero-order chi connectivity index (χ0) is 19.6. The molecule has 0 saturated carbocycles. The molecule has 3 heterocycles. The fourth-order valence-corrected chi connectivity index (χ4v) is 4.16. The lowest BCUT2D eigenvalue weighted by molar-refractivity contribution is 0.0988. The highest BCUT2D eigenvalue weighted by Crippen LogP contribution is 2.44. The predicted molar refractivity (Wildman–Crippen MR) is 107 cm³/mol. The van der Waals surface area contributed by atoms with E-state index in [-0.39, 0.29) is 11.7 Å². The van der Waals surface area contributed by atoms with Crippen molar-refractivity contribution in [1.82, 2.24) is 19.7 Å². The van der Waals surface area contributed by atoms with Crippen LogP contribution in [0.5, 0.6) is 0 Å². The number of imidazole rings is 1. The first-order chi connectivity index (χ1) is 13.5. The summed E-state index contributed by atoms with van der Waals surface area (Å²) in [6.45, 7) is 1.89. The van der Waals surface area contributed by atoms with E-state index in [4.69, 9.17) is 0 Å². The standard InChI is InChI=1S/C20H15BrFN5O/c1-10-17-18(25-26(10)2)20(28)27(12-4-6-15-16(8-12)24-9-23-15)19(17)13-5-3-11(21)7-14(13)22/h3-9,19H,1-2H3,(H,23,24). The van der Waals surface area contributed by atoms with Crippen LogP contribution in [0.25, 0.3) is 11.0 Å². The van der Waals surface area contributed by atoms with Gasteiger partial charge in [-0.3, -0.25) is 14.4 Å². The van der Waals surface area contributed by atoms with E-state index in [0.29, 0.717) is 21.4 Å². The molecule has 1 aliphatic heterocycles. The first kappa shape index (κ1) is 17.1.